The molecule has 1 heterocycles. The monoisotopic (exact) mass is 377 g/mol. The molecular formula is C18H13ClFNO3S. The molecule has 25 heavy (non-hydrogen) atoms. The Morgan fingerprint density at radius 1 is 1.16 bits per heavy atom. The van der Waals surface area contributed by atoms with E-state index in [9.17, 15) is 9.18 Å². The quantitative estimate of drug-likeness (QED) is 0.606. The number of rotatable bonds is 5. The first-order valence-corrected chi connectivity index (χ1v) is 8.62. The van der Waals surface area contributed by atoms with Gasteiger partial charge >= 0.3 is 5.97 Å². The molecule has 3 rings (SSSR count). The highest BCUT2D eigenvalue weighted by Crippen LogP contribution is 2.37. The molecule has 7 heteroatoms. The molecule has 0 amide bonds. The molecule has 1 N–H and O–H groups in total. The van der Waals surface area contributed by atoms with Gasteiger partial charge in [-0.2, -0.15) is 0 Å². The fraction of sp³-hybridized carbons (Fsp3) is 0.111. The summed E-state index contributed by atoms with van der Waals surface area (Å²) in [5.74, 6) is -0.836. The lowest BCUT2D eigenvalue weighted by molar-refractivity contribution is -0.136. The number of nitrogens with zero attached hydrogens (tertiary/aromatic N) is 1. The van der Waals surface area contributed by atoms with Crippen LogP contribution in [0.25, 0.3) is 22.6 Å². The van der Waals surface area contributed by atoms with Crippen molar-refractivity contribution >= 4 is 29.3 Å². The Morgan fingerprint density at radius 3 is 2.36 bits per heavy atom. The number of thioether (sulfide) groups is 1. The van der Waals surface area contributed by atoms with Crippen molar-refractivity contribution in [2.45, 2.75) is 17.4 Å². The number of carboxylic acids is 1. The molecule has 0 saturated heterocycles. The van der Waals surface area contributed by atoms with E-state index in [4.69, 9.17) is 21.1 Å². The molecule has 1 aromatic heterocycles. The number of aliphatic carboxylic acids is 1. The van der Waals surface area contributed by atoms with Gasteiger partial charge in [-0.1, -0.05) is 23.4 Å². The maximum Gasteiger partial charge on any atom is 0.316 e. The van der Waals surface area contributed by atoms with Crippen molar-refractivity contribution < 1.29 is 18.7 Å². The third kappa shape index (κ3) is 4.03. The SMILES string of the molecule is CC(Sc1nc(-c2ccc(F)cc2)c(-c2ccc(Cl)cc2)o1)C(=O)O. The van der Waals surface area contributed by atoms with E-state index >= 15 is 0 Å². The van der Waals surface area contributed by atoms with Crippen LogP contribution < -0.4 is 0 Å². The van der Waals surface area contributed by atoms with Crippen LogP contribution in [0.4, 0.5) is 4.39 Å². The molecule has 0 saturated carbocycles. The number of benzene rings is 2. The average molecular weight is 378 g/mol. The first-order chi connectivity index (χ1) is 11.9. The molecule has 2 aromatic carbocycles. The van der Waals surface area contributed by atoms with Gasteiger partial charge in [0.2, 0.25) is 0 Å². The van der Waals surface area contributed by atoms with Crippen molar-refractivity contribution in [2.75, 3.05) is 0 Å². The van der Waals surface area contributed by atoms with Crippen LogP contribution in [0.2, 0.25) is 5.02 Å². The maximum absolute atomic E-state index is 13.2. The molecule has 0 aliphatic heterocycles. The van der Waals surface area contributed by atoms with Crippen LogP contribution in [0.3, 0.4) is 0 Å². The van der Waals surface area contributed by atoms with E-state index in [0.29, 0.717) is 22.0 Å². The highest BCUT2D eigenvalue weighted by Gasteiger charge is 2.21. The van der Waals surface area contributed by atoms with Crippen molar-refractivity contribution in [2.24, 2.45) is 0 Å². The van der Waals surface area contributed by atoms with E-state index in [0.717, 1.165) is 17.3 Å². The summed E-state index contributed by atoms with van der Waals surface area (Å²) in [5.41, 5.74) is 1.93. The van der Waals surface area contributed by atoms with E-state index in [1.165, 1.54) is 12.1 Å². The van der Waals surface area contributed by atoms with Crippen molar-refractivity contribution in [3.8, 4) is 22.6 Å². The van der Waals surface area contributed by atoms with E-state index in [2.05, 4.69) is 4.98 Å². The Kier molecular flexibility index (Phi) is 5.11. The lowest BCUT2D eigenvalue weighted by Crippen LogP contribution is -2.10. The normalized spacial score (nSPS) is 12.1. The number of hydrogen-bond acceptors (Lipinski definition) is 4. The number of oxazole rings is 1. The van der Waals surface area contributed by atoms with E-state index in [1.54, 1.807) is 43.3 Å². The minimum absolute atomic E-state index is 0.235. The third-order valence-corrected chi connectivity index (χ3v) is 4.64. The van der Waals surface area contributed by atoms with Crippen LogP contribution in [0.15, 0.2) is 58.2 Å². The molecule has 3 aromatic rings. The largest absolute Gasteiger partial charge is 0.480 e. The van der Waals surface area contributed by atoms with Gasteiger partial charge in [-0.05, 0) is 55.5 Å². The number of aromatic nitrogens is 1. The van der Waals surface area contributed by atoms with Crippen LogP contribution in [0.5, 0.6) is 0 Å². The lowest BCUT2D eigenvalue weighted by atomic mass is 10.1. The van der Waals surface area contributed by atoms with E-state index in [-0.39, 0.29) is 11.0 Å². The second-order valence-electron chi connectivity index (χ2n) is 5.27. The average Bonchev–Trinajstić information content (AvgIpc) is 3.00. The Hall–Kier alpha value is -2.31. The Morgan fingerprint density at radius 2 is 1.76 bits per heavy atom. The zero-order chi connectivity index (χ0) is 18.0. The topological polar surface area (TPSA) is 63.3 Å². The van der Waals surface area contributed by atoms with Crippen LogP contribution in [-0.2, 0) is 4.79 Å². The molecule has 0 fully saturated rings. The summed E-state index contributed by atoms with van der Waals surface area (Å²) in [5, 5.41) is 9.18. The highest BCUT2D eigenvalue weighted by atomic mass is 35.5. The fourth-order valence-electron chi connectivity index (χ4n) is 2.15. The Labute approximate surface area is 152 Å². The fourth-order valence-corrected chi connectivity index (χ4v) is 2.96. The number of carboxylic acid groups (broad SMARTS) is 1. The smallest absolute Gasteiger partial charge is 0.316 e. The molecule has 0 radical (unpaired) electrons. The first-order valence-electron chi connectivity index (χ1n) is 7.36. The van der Waals surface area contributed by atoms with Crippen molar-refractivity contribution in [3.63, 3.8) is 0 Å². The van der Waals surface area contributed by atoms with E-state index in [1.807, 2.05) is 0 Å². The Balaban J connectivity index is 2.07. The zero-order valence-electron chi connectivity index (χ0n) is 13.1. The van der Waals surface area contributed by atoms with Gasteiger partial charge in [-0.15, -0.1) is 0 Å². The van der Waals surface area contributed by atoms with Crippen LogP contribution in [0.1, 0.15) is 6.92 Å². The molecule has 4 nitrogen and oxygen atoms in total. The summed E-state index contributed by atoms with van der Waals surface area (Å²) in [7, 11) is 0. The van der Waals surface area contributed by atoms with Gasteiger partial charge in [0.05, 0.1) is 0 Å². The summed E-state index contributed by atoms with van der Waals surface area (Å²) < 4.78 is 19.0. The molecule has 128 valence electrons. The summed E-state index contributed by atoms with van der Waals surface area (Å²) in [6.07, 6.45) is 0. The zero-order valence-corrected chi connectivity index (χ0v) is 14.6. The molecule has 0 aliphatic rings. The third-order valence-electron chi connectivity index (χ3n) is 3.46. The Bertz CT molecular complexity index is 831. The second kappa shape index (κ2) is 7.29. The van der Waals surface area contributed by atoms with Crippen molar-refractivity contribution in [1.29, 1.82) is 0 Å². The minimum atomic E-state index is -0.959. The molecular weight excluding hydrogens is 365 g/mol. The van der Waals surface area contributed by atoms with E-state index < -0.39 is 11.2 Å². The van der Waals surface area contributed by atoms with Gasteiger partial charge in [-0.3, -0.25) is 4.79 Å². The van der Waals surface area contributed by atoms with Crippen molar-refractivity contribution in [3.05, 3.63) is 59.4 Å². The van der Waals surface area contributed by atoms with Gasteiger partial charge in [0.15, 0.2) is 5.76 Å². The van der Waals surface area contributed by atoms with Gasteiger partial charge in [0.1, 0.15) is 16.8 Å². The van der Waals surface area contributed by atoms with Crippen LogP contribution >= 0.6 is 23.4 Å². The number of hydrogen-bond donors (Lipinski definition) is 1. The standard InChI is InChI=1S/C18H13ClFNO3S/c1-10(17(22)23)25-18-21-15(11-4-8-14(20)9-5-11)16(24-18)12-2-6-13(19)7-3-12/h2-10H,1H3,(H,22,23). The molecule has 1 unspecified atom stereocenters. The molecule has 0 aliphatic carbocycles. The summed E-state index contributed by atoms with van der Waals surface area (Å²) >= 11 is 6.93. The first kappa shape index (κ1) is 17.5. The lowest BCUT2D eigenvalue weighted by Gasteiger charge is -2.02. The molecule has 0 spiro atoms. The summed E-state index contributed by atoms with van der Waals surface area (Å²) in [6, 6.07) is 12.9. The minimum Gasteiger partial charge on any atom is -0.480 e. The predicted octanol–water partition coefficient (Wildman–Crippen LogP) is 5.37. The van der Waals surface area contributed by atoms with Crippen LogP contribution in [0, 0.1) is 5.82 Å². The van der Waals surface area contributed by atoms with Crippen molar-refractivity contribution in [1.82, 2.24) is 4.98 Å². The van der Waals surface area contributed by atoms with Gasteiger partial charge < -0.3 is 9.52 Å². The molecule has 0 bridgehead atoms. The van der Waals surface area contributed by atoms with Gasteiger partial charge in [0.25, 0.3) is 5.22 Å². The number of halogens is 2. The second-order valence-corrected chi connectivity index (χ2v) is 7.00. The maximum atomic E-state index is 13.2. The van der Waals surface area contributed by atoms with Gasteiger partial charge in [-0.25, -0.2) is 9.37 Å². The summed E-state index contributed by atoms with van der Waals surface area (Å²) in [6.45, 7) is 1.55. The van der Waals surface area contributed by atoms with Crippen LogP contribution in [-0.4, -0.2) is 21.3 Å². The molecule has 1 atom stereocenters. The predicted molar refractivity (Wildman–Crippen MR) is 95.3 cm³/mol. The number of carbonyl (C=O) groups is 1. The highest BCUT2D eigenvalue weighted by molar-refractivity contribution is 8.00. The summed E-state index contributed by atoms with van der Waals surface area (Å²) in [4.78, 5) is 15.5. The van der Waals surface area contributed by atoms with Gasteiger partial charge in [0, 0.05) is 16.1 Å².